The minimum absolute atomic E-state index is 0.0314. The number of nitrogens with one attached hydrogen (secondary N) is 2. The molecule has 36 heavy (non-hydrogen) atoms. The van der Waals surface area contributed by atoms with E-state index in [4.69, 9.17) is 4.74 Å². The van der Waals surface area contributed by atoms with Gasteiger partial charge in [0.2, 0.25) is 11.8 Å². The predicted molar refractivity (Wildman–Crippen MR) is 141 cm³/mol. The minimum Gasteiger partial charge on any atom is -0.508 e. The molecule has 1 aliphatic rings. The molecule has 194 valence electrons. The largest absolute Gasteiger partial charge is 0.508 e. The monoisotopic (exact) mass is 513 g/mol. The molecule has 0 aliphatic heterocycles. The summed E-state index contributed by atoms with van der Waals surface area (Å²) in [4.78, 5) is 41.4. The number of hydrogen-bond donors (Lipinski definition) is 4. The van der Waals surface area contributed by atoms with E-state index in [1.807, 2.05) is 37.3 Å². The lowest BCUT2D eigenvalue weighted by molar-refractivity contribution is -0.143. The van der Waals surface area contributed by atoms with Crippen LogP contribution in [0.25, 0.3) is 0 Å². The molecule has 0 saturated heterocycles. The number of phenols is 1. The van der Waals surface area contributed by atoms with Gasteiger partial charge in [-0.25, -0.2) is 4.79 Å². The maximum absolute atomic E-state index is 13.8. The van der Waals surface area contributed by atoms with Crippen LogP contribution < -0.4 is 10.6 Å². The van der Waals surface area contributed by atoms with Crippen molar-refractivity contribution in [2.45, 2.75) is 64.4 Å². The van der Waals surface area contributed by atoms with Gasteiger partial charge in [-0.05, 0) is 56.4 Å². The van der Waals surface area contributed by atoms with Crippen LogP contribution in [0.4, 0.5) is 4.79 Å². The third-order valence-electron chi connectivity index (χ3n) is 5.90. The molecular formula is C27H35N3O5S. The van der Waals surface area contributed by atoms with Gasteiger partial charge in [-0.3, -0.25) is 9.59 Å². The van der Waals surface area contributed by atoms with Crippen LogP contribution in [0.1, 0.15) is 51.3 Å². The summed E-state index contributed by atoms with van der Waals surface area (Å²) in [6.07, 6.45) is 0.00582. The molecular weight excluding hydrogens is 478 g/mol. The molecule has 3 N–H and O–H groups in total. The van der Waals surface area contributed by atoms with E-state index in [0.29, 0.717) is 12.1 Å². The lowest BCUT2D eigenvalue weighted by Gasteiger charge is -2.34. The zero-order valence-electron chi connectivity index (χ0n) is 21.1. The molecule has 1 saturated carbocycles. The van der Waals surface area contributed by atoms with Gasteiger partial charge in [0, 0.05) is 18.3 Å². The normalized spacial score (nSPS) is 18.5. The standard InChI is InChI=1S/C27H35N3O5S/c1-17-14-22(17)30(25(33)21(16-36)29-26(34)35-27(2,3)4)23(19-10-12-20(31)13-11-19)24(32)28-15-18-8-6-5-7-9-18/h5-13,17,21-23,31,36H,14-16H2,1-4H3,(H,28,32)(H,29,34). The van der Waals surface area contributed by atoms with Crippen LogP contribution in [0.15, 0.2) is 54.6 Å². The first-order chi connectivity index (χ1) is 17.0. The van der Waals surface area contributed by atoms with Crippen molar-refractivity contribution in [2.24, 2.45) is 5.92 Å². The van der Waals surface area contributed by atoms with Crippen LogP contribution in [0.3, 0.4) is 0 Å². The number of benzene rings is 2. The summed E-state index contributed by atoms with van der Waals surface area (Å²) in [5, 5.41) is 15.4. The summed E-state index contributed by atoms with van der Waals surface area (Å²) in [5.74, 6) is -0.494. The van der Waals surface area contributed by atoms with Gasteiger partial charge in [0.1, 0.15) is 23.4 Å². The topological polar surface area (TPSA) is 108 Å². The van der Waals surface area contributed by atoms with Crippen LogP contribution in [0.2, 0.25) is 0 Å². The molecule has 4 unspecified atom stereocenters. The summed E-state index contributed by atoms with van der Waals surface area (Å²) >= 11 is 4.31. The number of nitrogens with zero attached hydrogens (tertiary/aromatic N) is 1. The predicted octanol–water partition coefficient (Wildman–Crippen LogP) is 3.81. The summed E-state index contributed by atoms with van der Waals surface area (Å²) in [7, 11) is 0. The Labute approximate surface area is 217 Å². The van der Waals surface area contributed by atoms with E-state index in [9.17, 15) is 19.5 Å². The van der Waals surface area contributed by atoms with Crippen LogP contribution in [0.5, 0.6) is 5.75 Å². The second-order valence-corrected chi connectivity index (χ2v) is 10.5. The summed E-state index contributed by atoms with van der Waals surface area (Å²) in [6, 6.07) is 13.6. The zero-order valence-corrected chi connectivity index (χ0v) is 22.0. The number of thiol groups is 1. The van der Waals surface area contributed by atoms with Gasteiger partial charge >= 0.3 is 6.09 Å². The number of rotatable bonds is 9. The average molecular weight is 514 g/mol. The van der Waals surface area contributed by atoms with Gasteiger partial charge in [0.25, 0.3) is 0 Å². The second-order valence-electron chi connectivity index (χ2n) is 10.1. The second kappa shape index (κ2) is 11.7. The smallest absolute Gasteiger partial charge is 0.408 e. The number of alkyl carbamates (subject to hydrolysis) is 1. The van der Waals surface area contributed by atoms with Crippen molar-refractivity contribution in [2.75, 3.05) is 5.75 Å². The van der Waals surface area contributed by atoms with E-state index in [0.717, 1.165) is 12.0 Å². The first-order valence-electron chi connectivity index (χ1n) is 12.0. The Hall–Kier alpha value is -3.20. The highest BCUT2D eigenvalue weighted by Crippen LogP contribution is 2.41. The van der Waals surface area contributed by atoms with Crippen molar-refractivity contribution in [1.82, 2.24) is 15.5 Å². The fourth-order valence-electron chi connectivity index (χ4n) is 3.96. The van der Waals surface area contributed by atoms with Crippen molar-refractivity contribution < 1.29 is 24.2 Å². The van der Waals surface area contributed by atoms with Crippen molar-refractivity contribution in [3.05, 3.63) is 65.7 Å². The van der Waals surface area contributed by atoms with Crippen molar-refractivity contribution in [3.8, 4) is 5.75 Å². The van der Waals surface area contributed by atoms with Gasteiger partial charge in [-0.15, -0.1) is 0 Å². The van der Waals surface area contributed by atoms with Crippen molar-refractivity contribution in [1.29, 1.82) is 0 Å². The Kier molecular flexibility index (Phi) is 8.89. The highest BCUT2D eigenvalue weighted by Gasteiger charge is 2.48. The van der Waals surface area contributed by atoms with Gasteiger partial charge in [0.15, 0.2) is 0 Å². The Morgan fingerprint density at radius 2 is 1.72 bits per heavy atom. The molecule has 0 aromatic heterocycles. The Morgan fingerprint density at radius 3 is 2.25 bits per heavy atom. The lowest BCUT2D eigenvalue weighted by Crippen LogP contribution is -2.54. The molecule has 9 heteroatoms. The highest BCUT2D eigenvalue weighted by atomic mass is 32.1. The molecule has 0 bridgehead atoms. The minimum atomic E-state index is -0.988. The fourth-order valence-corrected chi connectivity index (χ4v) is 4.21. The first-order valence-corrected chi connectivity index (χ1v) is 12.7. The molecule has 3 rings (SSSR count). The molecule has 0 spiro atoms. The molecule has 0 heterocycles. The summed E-state index contributed by atoms with van der Waals surface area (Å²) in [6.45, 7) is 7.51. The van der Waals surface area contributed by atoms with Crippen LogP contribution in [-0.2, 0) is 20.9 Å². The Balaban J connectivity index is 1.91. The van der Waals surface area contributed by atoms with Gasteiger partial charge < -0.3 is 25.4 Å². The maximum atomic E-state index is 13.8. The molecule has 3 amide bonds. The quantitative estimate of drug-likeness (QED) is 0.382. The molecule has 4 atom stereocenters. The summed E-state index contributed by atoms with van der Waals surface area (Å²) < 4.78 is 5.33. The molecule has 2 aromatic rings. The number of phenolic OH excluding ortho intramolecular Hbond substituents is 1. The third-order valence-corrected chi connectivity index (χ3v) is 6.26. The molecule has 1 aliphatic carbocycles. The Bertz CT molecular complexity index is 1060. The third kappa shape index (κ3) is 7.40. The fraction of sp³-hybridized carbons (Fsp3) is 0.444. The van der Waals surface area contributed by atoms with Crippen LogP contribution in [-0.4, -0.2) is 51.4 Å². The number of carbonyl (C=O) groups is 3. The van der Waals surface area contributed by atoms with Crippen molar-refractivity contribution >= 4 is 30.5 Å². The van der Waals surface area contributed by atoms with Crippen LogP contribution in [0, 0.1) is 5.92 Å². The molecule has 2 aromatic carbocycles. The van der Waals surface area contributed by atoms with Gasteiger partial charge in [-0.2, -0.15) is 12.6 Å². The van der Waals surface area contributed by atoms with E-state index in [2.05, 4.69) is 23.3 Å². The van der Waals surface area contributed by atoms with Gasteiger partial charge in [0.05, 0.1) is 0 Å². The first kappa shape index (κ1) is 27.4. The van der Waals surface area contributed by atoms with E-state index < -0.39 is 29.7 Å². The van der Waals surface area contributed by atoms with Crippen molar-refractivity contribution in [3.63, 3.8) is 0 Å². The highest BCUT2D eigenvalue weighted by molar-refractivity contribution is 7.80. The SMILES string of the molecule is CC1CC1N(C(=O)C(CS)NC(=O)OC(C)(C)C)C(C(=O)NCc1ccccc1)c1ccc(O)cc1. The molecule has 8 nitrogen and oxygen atoms in total. The van der Waals surface area contributed by atoms with E-state index in [1.54, 1.807) is 37.8 Å². The number of ether oxygens (including phenoxy) is 1. The zero-order chi connectivity index (χ0) is 26.5. The lowest BCUT2D eigenvalue weighted by atomic mass is 10.0. The summed E-state index contributed by atoms with van der Waals surface area (Å²) in [5.41, 5.74) is 0.749. The number of carbonyl (C=O) groups excluding carboxylic acids is 3. The van der Waals surface area contributed by atoms with E-state index in [-0.39, 0.29) is 29.4 Å². The average Bonchev–Trinajstić information content (AvgIpc) is 3.55. The van der Waals surface area contributed by atoms with E-state index >= 15 is 0 Å². The number of hydrogen-bond acceptors (Lipinski definition) is 6. The maximum Gasteiger partial charge on any atom is 0.408 e. The molecule has 1 fully saturated rings. The van der Waals surface area contributed by atoms with Gasteiger partial charge in [-0.1, -0.05) is 49.4 Å². The number of amides is 3. The van der Waals surface area contributed by atoms with E-state index in [1.165, 1.54) is 12.1 Å². The van der Waals surface area contributed by atoms with Crippen LogP contribution >= 0.6 is 12.6 Å². The Morgan fingerprint density at radius 1 is 1.11 bits per heavy atom. The number of aromatic hydroxyl groups is 1. The molecule has 0 radical (unpaired) electrons.